The van der Waals surface area contributed by atoms with E-state index in [2.05, 4.69) is 20.4 Å². The lowest BCUT2D eigenvalue weighted by Crippen LogP contribution is -2.12. The SMILES string of the molecule is COc1ccc(-c2csc3nc(NC(=O)c4sc(-c5ccc(F)cc5)nc4C)nn23)cc1. The number of nitrogens with zero attached hydrogens (tertiary/aromatic N) is 4. The number of halogens is 1. The first-order valence-electron chi connectivity index (χ1n) is 9.55. The number of rotatable bonds is 5. The molecule has 0 spiro atoms. The molecule has 0 bridgehead atoms. The zero-order valence-electron chi connectivity index (χ0n) is 17.0. The van der Waals surface area contributed by atoms with E-state index in [9.17, 15) is 9.18 Å². The maximum atomic E-state index is 13.2. The van der Waals surface area contributed by atoms with E-state index in [1.165, 1.54) is 34.8 Å². The maximum absolute atomic E-state index is 13.2. The number of hydrogen-bond donors (Lipinski definition) is 1. The first kappa shape index (κ1) is 20.3. The van der Waals surface area contributed by atoms with Gasteiger partial charge in [0, 0.05) is 16.5 Å². The largest absolute Gasteiger partial charge is 0.497 e. The third-order valence-corrected chi connectivity index (χ3v) is 6.81. The van der Waals surface area contributed by atoms with Crippen LogP contribution in [0.4, 0.5) is 10.3 Å². The molecule has 3 aromatic heterocycles. The summed E-state index contributed by atoms with van der Waals surface area (Å²) < 4.78 is 20.1. The molecule has 2 aromatic carbocycles. The van der Waals surface area contributed by atoms with Gasteiger partial charge in [0.05, 0.1) is 18.5 Å². The van der Waals surface area contributed by atoms with E-state index >= 15 is 0 Å². The zero-order chi connectivity index (χ0) is 22.2. The fraction of sp³-hybridized carbons (Fsp3) is 0.0909. The van der Waals surface area contributed by atoms with E-state index in [0.717, 1.165) is 22.6 Å². The summed E-state index contributed by atoms with van der Waals surface area (Å²) >= 11 is 2.68. The molecular weight excluding hydrogens is 449 g/mol. The monoisotopic (exact) mass is 465 g/mol. The van der Waals surface area contributed by atoms with E-state index in [4.69, 9.17) is 4.74 Å². The van der Waals surface area contributed by atoms with E-state index in [0.29, 0.717) is 20.5 Å². The summed E-state index contributed by atoms with van der Waals surface area (Å²) in [6.45, 7) is 1.76. The summed E-state index contributed by atoms with van der Waals surface area (Å²) in [5, 5.41) is 9.83. The number of thiazole rings is 2. The minimum absolute atomic E-state index is 0.216. The fourth-order valence-corrected chi connectivity index (χ4v) is 4.97. The molecule has 32 heavy (non-hydrogen) atoms. The number of hydrogen-bond acceptors (Lipinski definition) is 7. The van der Waals surface area contributed by atoms with Gasteiger partial charge in [-0.25, -0.2) is 13.9 Å². The second kappa shape index (κ2) is 8.13. The Balaban J connectivity index is 1.39. The zero-order valence-corrected chi connectivity index (χ0v) is 18.6. The van der Waals surface area contributed by atoms with Gasteiger partial charge in [-0.2, -0.15) is 4.98 Å². The highest BCUT2D eigenvalue weighted by Gasteiger charge is 2.19. The molecule has 0 atom stereocenters. The van der Waals surface area contributed by atoms with Crippen LogP contribution in [0.3, 0.4) is 0 Å². The highest BCUT2D eigenvalue weighted by Crippen LogP contribution is 2.30. The number of fused-ring (bicyclic) bond motifs is 1. The van der Waals surface area contributed by atoms with Crippen molar-refractivity contribution in [2.24, 2.45) is 0 Å². The molecule has 5 aromatic rings. The Hall–Kier alpha value is -3.63. The van der Waals surface area contributed by atoms with Crippen LogP contribution in [0, 0.1) is 12.7 Å². The number of ether oxygens (including phenoxy) is 1. The number of benzene rings is 2. The van der Waals surface area contributed by atoms with Crippen LogP contribution in [0.2, 0.25) is 0 Å². The lowest BCUT2D eigenvalue weighted by Gasteiger charge is -2.02. The number of anilines is 1. The van der Waals surface area contributed by atoms with Crippen molar-refractivity contribution in [3.05, 3.63) is 70.3 Å². The smallest absolute Gasteiger partial charge is 0.270 e. The highest BCUT2D eigenvalue weighted by atomic mass is 32.1. The van der Waals surface area contributed by atoms with Crippen molar-refractivity contribution < 1.29 is 13.9 Å². The van der Waals surface area contributed by atoms with Gasteiger partial charge in [-0.15, -0.1) is 27.8 Å². The molecule has 0 aliphatic carbocycles. The minimum atomic E-state index is -0.336. The summed E-state index contributed by atoms with van der Waals surface area (Å²) in [6.07, 6.45) is 0. The normalized spacial score (nSPS) is 11.1. The number of aryl methyl sites for hydroxylation is 1. The molecule has 5 rings (SSSR count). The van der Waals surface area contributed by atoms with Gasteiger partial charge in [-0.05, 0) is 55.5 Å². The van der Waals surface area contributed by atoms with E-state index in [1.54, 1.807) is 30.7 Å². The average molecular weight is 466 g/mol. The van der Waals surface area contributed by atoms with Gasteiger partial charge >= 0.3 is 0 Å². The molecule has 1 N–H and O–H groups in total. The summed E-state index contributed by atoms with van der Waals surface area (Å²) in [4.78, 5) is 22.9. The van der Waals surface area contributed by atoms with Crippen molar-refractivity contribution in [3.63, 3.8) is 0 Å². The molecule has 1 amide bonds. The van der Waals surface area contributed by atoms with Crippen molar-refractivity contribution in [3.8, 4) is 27.6 Å². The van der Waals surface area contributed by atoms with Crippen LogP contribution in [0.25, 0.3) is 26.8 Å². The van der Waals surface area contributed by atoms with Gasteiger partial charge in [-0.3, -0.25) is 10.1 Å². The Morgan fingerprint density at radius 1 is 1.06 bits per heavy atom. The second-order valence-electron chi connectivity index (χ2n) is 6.87. The number of carbonyl (C=O) groups is 1. The number of amides is 1. The van der Waals surface area contributed by atoms with E-state index in [1.807, 2.05) is 29.6 Å². The average Bonchev–Trinajstić information content (AvgIpc) is 3.48. The number of aromatic nitrogens is 4. The lowest BCUT2D eigenvalue weighted by atomic mass is 10.2. The Labute approximate surface area is 190 Å². The third-order valence-electron chi connectivity index (χ3n) is 4.79. The molecular formula is C22H16FN5O2S2. The number of nitrogens with one attached hydrogen (secondary N) is 1. The van der Waals surface area contributed by atoms with Crippen LogP contribution >= 0.6 is 22.7 Å². The molecule has 7 nitrogen and oxygen atoms in total. The molecule has 0 aliphatic heterocycles. The van der Waals surface area contributed by atoms with Crippen LogP contribution in [0.15, 0.2) is 53.9 Å². The van der Waals surface area contributed by atoms with Gasteiger partial charge in [0.25, 0.3) is 11.9 Å². The molecule has 0 radical (unpaired) electrons. The molecule has 0 fully saturated rings. The molecule has 0 saturated heterocycles. The van der Waals surface area contributed by atoms with Crippen molar-refractivity contribution in [1.29, 1.82) is 0 Å². The van der Waals surface area contributed by atoms with Crippen molar-refractivity contribution in [2.45, 2.75) is 6.92 Å². The Kier molecular flexibility index (Phi) is 5.16. The molecule has 0 saturated carbocycles. The predicted octanol–water partition coefficient (Wildman–Crippen LogP) is 5.29. The third kappa shape index (κ3) is 3.74. The molecule has 10 heteroatoms. The topological polar surface area (TPSA) is 81.4 Å². The van der Waals surface area contributed by atoms with Gasteiger partial charge in [-0.1, -0.05) is 0 Å². The summed E-state index contributed by atoms with van der Waals surface area (Å²) in [5.74, 6) is 0.330. The Bertz CT molecular complexity index is 1420. The maximum Gasteiger partial charge on any atom is 0.270 e. The predicted molar refractivity (Wildman–Crippen MR) is 123 cm³/mol. The molecule has 0 aliphatic rings. The second-order valence-corrected chi connectivity index (χ2v) is 8.71. The van der Waals surface area contributed by atoms with Crippen molar-refractivity contribution >= 4 is 39.5 Å². The Morgan fingerprint density at radius 2 is 1.78 bits per heavy atom. The molecule has 0 unspecified atom stereocenters. The van der Waals surface area contributed by atoms with Crippen LogP contribution in [0.1, 0.15) is 15.4 Å². The first-order valence-corrected chi connectivity index (χ1v) is 11.2. The summed E-state index contributed by atoms with van der Waals surface area (Å²) in [7, 11) is 1.62. The summed E-state index contributed by atoms with van der Waals surface area (Å²) in [6, 6.07) is 13.7. The van der Waals surface area contributed by atoms with Crippen molar-refractivity contribution in [2.75, 3.05) is 12.4 Å². The first-order chi connectivity index (χ1) is 15.5. The van der Waals surface area contributed by atoms with E-state index < -0.39 is 0 Å². The minimum Gasteiger partial charge on any atom is -0.497 e. The number of methoxy groups -OCH3 is 1. The van der Waals surface area contributed by atoms with Crippen LogP contribution in [0.5, 0.6) is 5.75 Å². The fourth-order valence-electron chi connectivity index (χ4n) is 3.18. The van der Waals surface area contributed by atoms with E-state index in [-0.39, 0.29) is 17.7 Å². The molecule has 3 heterocycles. The van der Waals surface area contributed by atoms with Gasteiger partial charge < -0.3 is 4.74 Å². The standard InChI is InChI=1S/C22H16FN5O2S2/c1-12-18(32-20(24-12)14-3-7-15(23)8-4-14)19(29)25-21-26-22-28(27-21)17(11-31-22)13-5-9-16(30-2)10-6-13/h3-11H,1-2H3,(H,25,27,29). The van der Waals surface area contributed by atoms with Gasteiger partial charge in [0.1, 0.15) is 21.5 Å². The quantitative estimate of drug-likeness (QED) is 0.381. The van der Waals surface area contributed by atoms with Crippen LogP contribution < -0.4 is 10.1 Å². The van der Waals surface area contributed by atoms with Gasteiger partial charge in [0.2, 0.25) is 4.96 Å². The van der Waals surface area contributed by atoms with Crippen LogP contribution in [-0.2, 0) is 0 Å². The van der Waals surface area contributed by atoms with Crippen molar-refractivity contribution in [1.82, 2.24) is 19.6 Å². The van der Waals surface area contributed by atoms with Crippen LogP contribution in [-0.4, -0.2) is 32.6 Å². The highest BCUT2D eigenvalue weighted by molar-refractivity contribution is 7.17. The Morgan fingerprint density at radius 3 is 2.50 bits per heavy atom. The summed E-state index contributed by atoms with van der Waals surface area (Å²) in [5.41, 5.74) is 3.17. The lowest BCUT2D eigenvalue weighted by molar-refractivity contribution is 0.102. The molecule has 160 valence electrons. The van der Waals surface area contributed by atoms with Gasteiger partial charge in [0.15, 0.2) is 0 Å². The number of carbonyl (C=O) groups excluding carboxylic acids is 1.